The third kappa shape index (κ3) is 5.59. The van der Waals surface area contributed by atoms with Crippen LogP contribution in [-0.4, -0.2) is 11.8 Å². The van der Waals surface area contributed by atoms with Crippen molar-refractivity contribution < 1.29 is 9.59 Å². The SMILES string of the molecule is O=C(CC(=O)Nc1cc(Cl)ccc1Cl)Nc1cc(Cl)cc(Cl)c1. The van der Waals surface area contributed by atoms with E-state index in [1.165, 1.54) is 24.3 Å². The van der Waals surface area contributed by atoms with Crippen molar-refractivity contribution in [2.45, 2.75) is 6.42 Å². The first-order valence-corrected chi connectivity index (χ1v) is 7.85. The number of rotatable bonds is 4. The molecule has 0 aliphatic carbocycles. The van der Waals surface area contributed by atoms with Crippen LogP contribution in [0.5, 0.6) is 0 Å². The minimum Gasteiger partial charge on any atom is -0.326 e. The van der Waals surface area contributed by atoms with Crippen molar-refractivity contribution in [1.82, 2.24) is 0 Å². The first-order chi connectivity index (χ1) is 10.8. The maximum Gasteiger partial charge on any atom is 0.233 e. The molecule has 2 N–H and O–H groups in total. The molecule has 8 heteroatoms. The zero-order valence-corrected chi connectivity index (χ0v) is 14.5. The van der Waals surface area contributed by atoms with E-state index >= 15 is 0 Å². The summed E-state index contributed by atoms with van der Waals surface area (Å²) in [5.41, 5.74) is 0.740. The molecule has 0 heterocycles. The van der Waals surface area contributed by atoms with E-state index in [1.807, 2.05) is 0 Å². The molecule has 0 unspecified atom stereocenters. The van der Waals surface area contributed by atoms with Crippen LogP contribution in [0.15, 0.2) is 36.4 Å². The quantitative estimate of drug-likeness (QED) is 0.697. The van der Waals surface area contributed by atoms with Crippen molar-refractivity contribution in [2.75, 3.05) is 10.6 Å². The molecular formula is C15H10Cl4N2O2. The van der Waals surface area contributed by atoms with Crippen molar-refractivity contribution in [3.05, 3.63) is 56.5 Å². The van der Waals surface area contributed by atoms with E-state index in [4.69, 9.17) is 46.4 Å². The maximum atomic E-state index is 11.9. The zero-order chi connectivity index (χ0) is 17.0. The lowest BCUT2D eigenvalue weighted by Gasteiger charge is -2.09. The van der Waals surface area contributed by atoms with Gasteiger partial charge in [0.1, 0.15) is 6.42 Å². The van der Waals surface area contributed by atoms with Gasteiger partial charge in [-0.1, -0.05) is 46.4 Å². The molecule has 2 aromatic rings. The van der Waals surface area contributed by atoms with Crippen molar-refractivity contribution in [1.29, 1.82) is 0 Å². The second-order valence-corrected chi connectivity index (χ2v) is 6.27. The van der Waals surface area contributed by atoms with Crippen LogP contribution in [0.25, 0.3) is 0 Å². The number of hydrogen-bond acceptors (Lipinski definition) is 2. The van der Waals surface area contributed by atoms with Gasteiger partial charge < -0.3 is 10.6 Å². The van der Waals surface area contributed by atoms with Crippen LogP contribution in [-0.2, 0) is 9.59 Å². The Morgan fingerprint density at radius 2 is 1.39 bits per heavy atom. The van der Waals surface area contributed by atoms with E-state index in [9.17, 15) is 9.59 Å². The lowest BCUT2D eigenvalue weighted by atomic mass is 10.2. The molecule has 2 rings (SSSR count). The summed E-state index contributed by atoms with van der Waals surface area (Å²) in [7, 11) is 0. The summed E-state index contributed by atoms with van der Waals surface area (Å²) in [6.07, 6.45) is -0.396. The molecule has 0 bridgehead atoms. The average Bonchev–Trinajstić information content (AvgIpc) is 2.41. The van der Waals surface area contributed by atoms with Gasteiger partial charge in [0, 0.05) is 20.8 Å². The number of benzene rings is 2. The number of halogens is 4. The van der Waals surface area contributed by atoms with Gasteiger partial charge in [-0.05, 0) is 36.4 Å². The molecule has 0 aliphatic heterocycles. The van der Waals surface area contributed by atoms with Gasteiger partial charge in [0.05, 0.1) is 10.7 Å². The summed E-state index contributed by atoms with van der Waals surface area (Å²) in [6.45, 7) is 0. The molecule has 2 amide bonds. The summed E-state index contributed by atoms with van der Waals surface area (Å²) in [4.78, 5) is 23.8. The topological polar surface area (TPSA) is 58.2 Å². The Balaban J connectivity index is 1.97. The van der Waals surface area contributed by atoms with E-state index in [-0.39, 0.29) is 0 Å². The number of anilines is 2. The lowest BCUT2D eigenvalue weighted by Crippen LogP contribution is -2.21. The summed E-state index contributed by atoms with van der Waals surface area (Å²) in [6, 6.07) is 9.22. The Morgan fingerprint density at radius 1 is 0.783 bits per heavy atom. The number of carbonyl (C=O) groups excluding carboxylic acids is 2. The Bertz CT molecular complexity index is 745. The second kappa shape index (κ2) is 7.88. The van der Waals surface area contributed by atoms with Crippen LogP contribution in [0.4, 0.5) is 11.4 Å². The summed E-state index contributed by atoms with van der Waals surface area (Å²) >= 11 is 23.4. The number of amides is 2. The highest BCUT2D eigenvalue weighted by Crippen LogP contribution is 2.26. The standard InChI is InChI=1S/C15H10Cl4N2O2/c16-8-1-2-12(19)13(6-8)21-15(23)7-14(22)20-11-4-9(17)3-10(18)5-11/h1-6H,7H2,(H,20,22)(H,21,23). The molecule has 0 atom stereocenters. The van der Waals surface area contributed by atoms with Gasteiger partial charge in [-0.3, -0.25) is 9.59 Å². The van der Waals surface area contributed by atoms with Gasteiger partial charge in [0.2, 0.25) is 11.8 Å². The lowest BCUT2D eigenvalue weighted by molar-refractivity contribution is -0.123. The first-order valence-electron chi connectivity index (χ1n) is 6.34. The highest BCUT2D eigenvalue weighted by molar-refractivity contribution is 6.36. The van der Waals surface area contributed by atoms with Gasteiger partial charge >= 0.3 is 0 Å². The van der Waals surface area contributed by atoms with E-state index in [1.54, 1.807) is 12.1 Å². The third-order valence-electron chi connectivity index (χ3n) is 2.67. The molecule has 0 aliphatic rings. The van der Waals surface area contributed by atoms with Crippen molar-refractivity contribution in [3.8, 4) is 0 Å². The van der Waals surface area contributed by atoms with Crippen LogP contribution in [0.2, 0.25) is 20.1 Å². The molecule has 2 aromatic carbocycles. The molecule has 0 saturated carbocycles. The molecule has 4 nitrogen and oxygen atoms in total. The van der Waals surface area contributed by atoms with Crippen molar-refractivity contribution >= 4 is 69.6 Å². The minimum atomic E-state index is -0.528. The maximum absolute atomic E-state index is 11.9. The van der Waals surface area contributed by atoms with Gasteiger partial charge in [0.15, 0.2) is 0 Å². The first kappa shape index (κ1) is 17.9. The highest BCUT2D eigenvalue weighted by Gasteiger charge is 2.12. The molecule has 0 saturated heterocycles. The van der Waals surface area contributed by atoms with Crippen molar-refractivity contribution in [3.63, 3.8) is 0 Å². The van der Waals surface area contributed by atoms with E-state index in [0.717, 1.165) is 0 Å². The Kier molecular flexibility index (Phi) is 6.13. The minimum absolute atomic E-state index is 0.324. The zero-order valence-electron chi connectivity index (χ0n) is 11.5. The molecule has 0 aromatic heterocycles. The smallest absolute Gasteiger partial charge is 0.233 e. The normalized spacial score (nSPS) is 10.3. The van der Waals surface area contributed by atoms with Gasteiger partial charge in [-0.2, -0.15) is 0 Å². The molecule has 0 spiro atoms. The Morgan fingerprint density at radius 3 is 2.04 bits per heavy atom. The van der Waals surface area contributed by atoms with E-state index in [2.05, 4.69) is 10.6 Å². The predicted octanol–water partition coefficient (Wildman–Crippen LogP) is 5.27. The molecule has 23 heavy (non-hydrogen) atoms. The molecule has 120 valence electrons. The number of hydrogen-bond donors (Lipinski definition) is 2. The third-order valence-corrected chi connectivity index (χ3v) is 3.67. The molecule has 0 radical (unpaired) electrons. The van der Waals surface area contributed by atoms with E-state index in [0.29, 0.717) is 31.5 Å². The monoisotopic (exact) mass is 390 g/mol. The Hall–Kier alpha value is -1.46. The van der Waals surface area contributed by atoms with Gasteiger partial charge in [0.25, 0.3) is 0 Å². The van der Waals surface area contributed by atoms with Crippen LogP contribution in [0.1, 0.15) is 6.42 Å². The average molecular weight is 392 g/mol. The molecular weight excluding hydrogens is 382 g/mol. The summed E-state index contributed by atoms with van der Waals surface area (Å²) in [5.74, 6) is -1.04. The fourth-order valence-electron chi connectivity index (χ4n) is 1.76. The summed E-state index contributed by atoms with van der Waals surface area (Å²) in [5, 5.41) is 6.56. The van der Waals surface area contributed by atoms with Gasteiger partial charge in [-0.15, -0.1) is 0 Å². The number of nitrogens with one attached hydrogen (secondary N) is 2. The highest BCUT2D eigenvalue weighted by atomic mass is 35.5. The Labute approximate surface area is 152 Å². The van der Waals surface area contributed by atoms with Crippen LogP contribution >= 0.6 is 46.4 Å². The predicted molar refractivity (Wildman–Crippen MR) is 94.8 cm³/mol. The van der Waals surface area contributed by atoms with Crippen LogP contribution in [0.3, 0.4) is 0 Å². The second-order valence-electron chi connectivity index (χ2n) is 4.56. The number of carbonyl (C=O) groups is 2. The van der Waals surface area contributed by atoms with Crippen LogP contribution in [0, 0.1) is 0 Å². The summed E-state index contributed by atoms with van der Waals surface area (Å²) < 4.78 is 0. The fourth-order valence-corrected chi connectivity index (χ4v) is 2.63. The molecule has 0 fully saturated rings. The largest absolute Gasteiger partial charge is 0.326 e. The van der Waals surface area contributed by atoms with Crippen LogP contribution < -0.4 is 10.6 Å². The fraction of sp³-hybridized carbons (Fsp3) is 0.0667. The van der Waals surface area contributed by atoms with E-state index < -0.39 is 18.2 Å². The van der Waals surface area contributed by atoms with Gasteiger partial charge in [-0.25, -0.2) is 0 Å². The van der Waals surface area contributed by atoms with Crippen molar-refractivity contribution in [2.24, 2.45) is 0 Å².